The minimum atomic E-state index is -0.469. The molecule has 1 heterocycles. The van der Waals surface area contributed by atoms with Crippen LogP contribution in [0.15, 0.2) is 40.1 Å². The number of aromatic amines is 1. The second kappa shape index (κ2) is 12.8. The summed E-state index contributed by atoms with van der Waals surface area (Å²) in [6.45, 7) is 9.46. The van der Waals surface area contributed by atoms with E-state index in [2.05, 4.69) is 52.3 Å². The topological polar surface area (TPSA) is 98.5 Å². The van der Waals surface area contributed by atoms with E-state index in [1.54, 1.807) is 12.1 Å². The molecule has 9 heteroatoms. The number of nitrogens with one attached hydrogen (secondary N) is 3. The fraction of sp³-hybridized carbons (Fsp3) is 0.435. The van der Waals surface area contributed by atoms with Crippen molar-refractivity contribution < 1.29 is 60.5 Å². The van der Waals surface area contributed by atoms with Gasteiger partial charge in [-0.2, -0.15) is 22.3 Å². The van der Waals surface area contributed by atoms with Crippen molar-refractivity contribution in [1.82, 2.24) is 10.2 Å². The van der Waals surface area contributed by atoms with Crippen LogP contribution in [0.2, 0.25) is 0 Å². The van der Waals surface area contributed by atoms with Crippen LogP contribution in [0.1, 0.15) is 57.2 Å². The molecule has 32 heavy (non-hydrogen) atoms. The molecule has 166 valence electrons. The number of aromatic nitrogens is 2. The SMILES string of the molecule is C=N/N=C(OC1CCC(c2cc(Nc3cc[c-]c(C[NH-])c3F)n[nH]2)C1)\C(=C/C)C(C)C.[K+]. The molecule has 1 aliphatic rings. The summed E-state index contributed by atoms with van der Waals surface area (Å²) >= 11 is 0. The van der Waals surface area contributed by atoms with Crippen molar-refractivity contribution in [3.63, 3.8) is 0 Å². The Labute approximate surface area is 231 Å². The first-order chi connectivity index (χ1) is 15.0. The van der Waals surface area contributed by atoms with E-state index in [0.717, 1.165) is 30.5 Å². The molecule has 2 atom stereocenters. The van der Waals surface area contributed by atoms with Crippen LogP contribution in [0, 0.1) is 17.8 Å². The van der Waals surface area contributed by atoms with E-state index in [-0.39, 0.29) is 87.1 Å². The van der Waals surface area contributed by atoms with Gasteiger partial charge in [-0.1, -0.05) is 19.9 Å². The van der Waals surface area contributed by atoms with E-state index in [0.29, 0.717) is 11.7 Å². The molecular formula is C23H29FKN6O-. The van der Waals surface area contributed by atoms with Crippen molar-refractivity contribution in [2.75, 3.05) is 5.32 Å². The van der Waals surface area contributed by atoms with Crippen LogP contribution in [0.25, 0.3) is 5.73 Å². The van der Waals surface area contributed by atoms with Gasteiger partial charge in [0.2, 0.25) is 5.90 Å². The van der Waals surface area contributed by atoms with Crippen molar-refractivity contribution in [2.45, 2.75) is 58.6 Å². The maximum atomic E-state index is 14.4. The van der Waals surface area contributed by atoms with E-state index in [4.69, 9.17) is 10.5 Å². The molecule has 1 aliphatic carbocycles. The maximum Gasteiger partial charge on any atom is 1.00 e. The van der Waals surface area contributed by atoms with E-state index in [9.17, 15) is 4.39 Å². The first-order valence-electron chi connectivity index (χ1n) is 10.5. The monoisotopic (exact) mass is 463 g/mol. The summed E-state index contributed by atoms with van der Waals surface area (Å²) < 4.78 is 20.5. The number of halogens is 1. The molecule has 1 saturated carbocycles. The molecule has 2 aromatic rings. The molecule has 0 aliphatic heterocycles. The van der Waals surface area contributed by atoms with Gasteiger partial charge in [0.15, 0.2) is 5.82 Å². The van der Waals surface area contributed by atoms with Crippen LogP contribution in [-0.4, -0.2) is 28.9 Å². The molecule has 0 saturated heterocycles. The summed E-state index contributed by atoms with van der Waals surface area (Å²) in [5.41, 5.74) is 9.89. The molecule has 1 aromatic carbocycles. The third kappa shape index (κ3) is 6.58. The molecule has 2 unspecified atom stereocenters. The van der Waals surface area contributed by atoms with E-state index >= 15 is 0 Å². The zero-order valence-electron chi connectivity index (χ0n) is 19.2. The van der Waals surface area contributed by atoms with Crippen molar-refractivity contribution in [3.8, 4) is 0 Å². The average molecular weight is 464 g/mol. The van der Waals surface area contributed by atoms with E-state index in [1.807, 2.05) is 19.1 Å². The number of rotatable bonds is 8. The molecule has 1 aromatic heterocycles. The van der Waals surface area contributed by atoms with Gasteiger partial charge >= 0.3 is 51.4 Å². The van der Waals surface area contributed by atoms with E-state index < -0.39 is 5.82 Å². The van der Waals surface area contributed by atoms with Gasteiger partial charge < -0.3 is 15.8 Å². The zero-order chi connectivity index (χ0) is 22.4. The summed E-state index contributed by atoms with van der Waals surface area (Å²) in [6.07, 6.45) is 4.70. The standard InChI is InChI=1S/C23H29FN6O.K/c1-5-18(14(2)3)23(30-26-4)31-17-10-9-15(11-17)20-12-21(29-28-20)27-19-8-6-7-16(13-25)22(19)24;/h5-6,8,12,14-15,17,25H,4,9-11,13H2,1-3H3,(H2,27,28,29);/q-2;+1/b18-5-,30-23+;. The second-order valence-electron chi connectivity index (χ2n) is 7.89. The summed E-state index contributed by atoms with van der Waals surface area (Å²) in [5.74, 6) is 1.14. The molecule has 0 amide bonds. The maximum absolute atomic E-state index is 14.4. The Balaban J connectivity index is 0.00000363. The normalized spacial score (nSPS) is 19.1. The number of allylic oxidation sites excluding steroid dienone is 1. The van der Waals surface area contributed by atoms with Gasteiger partial charge in [-0.25, -0.2) is 0 Å². The first kappa shape index (κ1) is 26.9. The molecular weight excluding hydrogens is 434 g/mol. The molecule has 1 fully saturated rings. The minimum Gasteiger partial charge on any atom is -0.675 e. The average Bonchev–Trinajstić information content (AvgIpc) is 3.39. The Kier molecular flexibility index (Phi) is 10.7. The summed E-state index contributed by atoms with van der Waals surface area (Å²) in [7, 11) is 0. The van der Waals surface area contributed by atoms with Gasteiger partial charge in [-0.15, -0.1) is 23.3 Å². The fourth-order valence-electron chi connectivity index (χ4n) is 3.90. The minimum absolute atomic E-state index is 0. The number of anilines is 2. The third-order valence-corrected chi connectivity index (χ3v) is 5.49. The smallest absolute Gasteiger partial charge is 0.675 e. The quantitative estimate of drug-likeness (QED) is 0.207. The predicted octanol–water partition coefficient (Wildman–Crippen LogP) is 2.92. The van der Waals surface area contributed by atoms with Crippen molar-refractivity contribution in [2.24, 2.45) is 16.1 Å². The third-order valence-electron chi connectivity index (χ3n) is 5.49. The number of hydrogen-bond donors (Lipinski definition) is 2. The van der Waals surface area contributed by atoms with Crippen LogP contribution in [0.3, 0.4) is 0 Å². The molecule has 0 radical (unpaired) electrons. The number of ether oxygens (including phenoxy) is 1. The Morgan fingerprint density at radius 2 is 2.28 bits per heavy atom. The molecule has 0 spiro atoms. The number of nitrogens with zero attached hydrogens (tertiary/aromatic N) is 3. The van der Waals surface area contributed by atoms with Crippen molar-refractivity contribution in [1.29, 1.82) is 0 Å². The van der Waals surface area contributed by atoms with Gasteiger partial charge in [0.05, 0.1) is 0 Å². The fourth-order valence-corrected chi connectivity index (χ4v) is 3.90. The van der Waals surface area contributed by atoms with Crippen molar-refractivity contribution in [3.05, 3.63) is 58.7 Å². The molecule has 3 N–H and O–H groups in total. The van der Waals surface area contributed by atoms with Crippen LogP contribution >= 0.6 is 0 Å². The van der Waals surface area contributed by atoms with Crippen molar-refractivity contribution >= 4 is 24.1 Å². The number of hydrogen-bond acceptors (Lipinski definition) is 5. The molecule has 3 rings (SSSR count). The van der Waals surface area contributed by atoms with Gasteiger partial charge in [-0.05, 0) is 37.8 Å². The zero-order valence-corrected chi connectivity index (χ0v) is 22.3. The largest absolute Gasteiger partial charge is 1.00 e. The summed E-state index contributed by atoms with van der Waals surface area (Å²) in [5, 5.41) is 18.1. The van der Waals surface area contributed by atoms with Crippen LogP contribution in [0.5, 0.6) is 0 Å². The van der Waals surface area contributed by atoms with Gasteiger partial charge in [0.25, 0.3) is 0 Å². The van der Waals surface area contributed by atoms with Gasteiger partial charge in [0, 0.05) is 35.8 Å². The van der Waals surface area contributed by atoms with Crippen LogP contribution in [0.4, 0.5) is 15.9 Å². The summed E-state index contributed by atoms with van der Waals surface area (Å²) in [4.78, 5) is 0. The second-order valence-corrected chi connectivity index (χ2v) is 7.89. The summed E-state index contributed by atoms with van der Waals surface area (Å²) in [6, 6.07) is 7.83. The van der Waals surface area contributed by atoms with Crippen LogP contribution in [-0.2, 0) is 11.3 Å². The van der Waals surface area contributed by atoms with Gasteiger partial charge in [-0.3, -0.25) is 9.49 Å². The van der Waals surface area contributed by atoms with Gasteiger partial charge in [0.1, 0.15) is 6.10 Å². The predicted molar refractivity (Wildman–Crippen MR) is 122 cm³/mol. The Bertz CT molecular complexity index is 971. The Morgan fingerprint density at radius 1 is 1.50 bits per heavy atom. The molecule has 0 bridgehead atoms. The number of benzene rings is 1. The first-order valence-corrected chi connectivity index (χ1v) is 10.5. The van der Waals surface area contributed by atoms with E-state index in [1.165, 1.54) is 0 Å². The van der Waals surface area contributed by atoms with Crippen LogP contribution < -0.4 is 56.7 Å². The number of H-pyrrole nitrogens is 1. The Hall–Kier alpha value is -1.36. The molecule has 7 nitrogen and oxygen atoms in total. The Morgan fingerprint density at radius 3 is 2.94 bits per heavy atom.